The zero-order valence-electron chi connectivity index (χ0n) is 14.4. The second kappa shape index (κ2) is 7.71. The van der Waals surface area contributed by atoms with Crippen molar-refractivity contribution in [2.45, 2.75) is 6.92 Å². The van der Waals surface area contributed by atoms with E-state index >= 15 is 0 Å². The molecule has 0 saturated heterocycles. The van der Waals surface area contributed by atoms with E-state index in [0.29, 0.717) is 43.5 Å². The first-order valence-corrected chi connectivity index (χ1v) is 9.76. The van der Waals surface area contributed by atoms with Crippen molar-refractivity contribution in [1.82, 2.24) is 15.1 Å². The van der Waals surface area contributed by atoms with Gasteiger partial charge in [-0.25, -0.2) is 4.98 Å². The molecular weight excluding hydrogens is 419 g/mol. The van der Waals surface area contributed by atoms with E-state index in [1.54, 1.807) is 31.3 Å². The highest BCUT2D eigenvalue weighted by molar-refractivity contribution is 7.14. The topological polar surface area (TPSA) is 80.9 Å². The molecule has 9 heteroatoms. The van der Waals surface area contributed by atoms with E-state index in [1.165, 1.54) is 11.3 Å². The highest BCUT2D eigenvalue weighted by atomic mass is 35.5. The fraction of sp³-hybridized carbons (Fsp3) is 0.0526. The molecule has 0 aliphatic heterocycles. The van der Waals surface area contributed by atoms with Crippen LogP contribution in [0.25, 0.3) is 22.6 Å². The molecule has 0 unspecified atom stereocenters. The van der Waals surface area contributed by atoms with E-state index in [4.69, 9.17) is 27.7 Å². The number of aromatic nitrogens is 3. The van der Waals surface area contributed by atoms with Crippen molar-refractivity contribution in [2.24, 2.45) is 0 Å². The van der Waals surface area contributed by atoms with E-state index in [9.17, 15) is 4.79 Å². The van der Waals surface area contributed by atoms with Gasteiger partial charge in [0, 0.05) is 17.1 Å². The molecule has 0 radical (unpaired) electrons. The summed E-state index contributed by atoms with van der Waals surface area (Å²) in [7, 11) is 0. The van der Waals surface area contributed by atoms with Crippen molar-refractivity contribution < 1.29 is 9.32 Å². The number of hydrogen-bond acceptors (Lipinski definition) is 6. The number of hydrogen-bond donors (Lipinski definition) is 1. The third-order valence-electron chi connectivity index (χ3n) is 3.93. The molecule has 0 bridgehead atoms. The maximum atomic E-state index is 12.9. The Morgan fingerprint density at radius 3 is 2.75 bits per heavy atom. The number of benzene rings is 1. The molecule has 0 atom stereocenters. The number of amides is 1. The Hall–Kier alpha value is -2.74. The van der Waals surface area contributed by atoms with Gasteiger partial charge in [0.25, 0.3) is 5.91 Å². The van der Waals surface area contributed by atoms with Crippen molar-refractivity contribution in [2.75, 3.05) is 5.32 Å². The Balaban J connectivity index is 1.62. The Morgan fingerprint density at radius 1 is 1.14 bits per heavy atom. The predicted octanol–water partition coefficient (Wildman–Crippen LogP) is 5.73. The number of carbonyl (C=O) groups excluding carboxylic acids is 1. The van der Waals surface area contributed by atoms with Crippen LogP contribution in [0.3, 0.4) is 0 Å². The molecule has 1 N–H and O–H groups in total. The van der Waals surface area contributed by atoms with Crippen molar-refractivity contribution in [3.05, 3.63) is 69.3 Å². The van der Waals surface area contributed by atoms with Crippen LogP contribution >= 0.6 is 34.5 Å². The van der Waals surface area contributed by atoms with Gasteiger partial charge in [-0.05, 0) is 31.2 Å². The lowest BCUT2D eigenvalue weighted by molar-refractivity contribution is 0.102. The number of anilines is 1. The maximum Gasteiger partial charge on any atom is 0.263 e. The number of pyridine rings is 1. The van der Waals surface area contributed by atoms with E-state index in [1.807, 2.05) is 23.6 Å². The van der Waals surface area contributed by atoms with Gasteiger partial charge in [-0.3, -0.25) is 15.1 Å². The van der Waals surface area contributed by atoms with Crippen LogP contribution in [0, 0.1) is 6.92 Å². The minimum absolute atomic E-state index is 0.313. The molecule has 4 aromatic rings. The van der Waals surface area contributed by atoms with Crippen LogP contribution in [-0.4, -0.2) is 21.0 Å². The molecule has 0 spiro atoms. The van der Waals surface area contributed by atoms with Crippen molar-refractivity contribution in [3.8, 4) is 22.6 Å². The van der Waals surface area contributed by atoms with Gasteiger partial charge < -0.3 is 4.52 Å². The van der Waals surface area contributed by atoms with E-state index in [0.717, 1.165) is 5.69 Å². The van der Waals surface area contributed by atoms with Crippen LogP contribution in [0.1, 0.15) is 16.1 Å². The SMILES string of the molecule is Cc1onc(-c2ccc(Cl)c(Cl)c2)c1C(=O)Nc1nc(-c2ccccn2)cs1. The van der Waals surface area contributed by atoms with Crippen molar-refractivity contribution >= 4 is 45.6 Å². The molecule has 0 saturated carbocycles. The van der Waals surface area contributed by atoms with Gasteiger partial charge in [-0.15, -0.1) is 11.3 Å². The molecule has 6 nitrogen and oxygen atoms in total. The summed E-state index contributed by atoms with van der Waals surface area (Å²) in [5.74, 6) is 0.0156. The molecular formula is C19H12Cl2N4O2S. The minimum Gasteiger partial charge on any atom is -0.360 e. The summed E-state index contributed by atoms with van der Waals surface area (Å²) in [4.78, 5) is 21.5. The first-order chi connectivity index (χ1) is 13.5. The average molecular weight is 431 g/mol. The summed E-state index contributed by atoms with van der Waals surface area (Å²) in [6.07, 6.45) is 1.69. The van der Waals surface area contributed by atoms with Crippen LogP contribution < -0.4 is 5.32 Å². The van der Waals surface area contributed by atoms with Gasteiger partial charge >= 0.3 is 0 Å². The van der Waals surface area contributed by atoms with Gasteiger partial charge in [0.05, 0.1) is 15.7 Å². The summed E-state index contributed by atoms with van der Waals surface area (Å²) in [5, 5.41) is 9.87. The van der Waals surface area contributed by atoms with Crippen LogP contribution in [0.4, 0.5) is 5.13 Å². The quantitative estimate of drug-likeness (QED) is 0.447. The number of rotatable bonds is 4. The smallest absolute Gasteiger partial charge is 0.263 e. The Kier molecular flexibility index (Phi) is 5.13. The summed E-state index contributed by atoms with van der Waals surface area (Å²) in [5.41, 5.74) is 2.75. The Bertz CT molecular complexity index is 1160. The zero-order valence-corrected chi connectivity index (χ0v) is 16.8. The number of nitrogens with zero attached hydrogens (tertiary/aromatic N) is 3. The standard InChI is InChI=1S/C19H12Cl2N4O2S/c1-10-16(17(25-27-10)11-5-6-12(20)13(21)8-11)18(26)24-19-23-15(9-28-19)14-4-2-3-7-22-14/h2-9H,1H3,(H,23,24,26). The number of carbonyl (C=O) groups is 1. The fourth-order valence-electron chi connectivity index (χ4n) is 2.60. The van der Waals surface area contributed by atoms with Crippen LogP contribution in [0.5, 0.6) is 0 Å². The predicted molar refractivity (Wildman–Crippen MR) is 110 cm³/mol. The summed E-state index contributed by atoms with van der Waals surface area (Å²) in [6, 6.07) is 10.6. The van der Waals surface area contributed by atoms with E-state index in [-0.39, 0.29) is 5.91 Å². The molecule has 1 aromatic carbocycles. The molecule has 140 valence electrons. The lowest BCUT2D eigenvalue weighted by Gasteiger charge is -2.04. The summed E-state index contributed by atoms with van der Waals surface area (Å²) >= 11 is 13.4. The van der Waals surface area contributed by atoms with E-state index < -0.39 is 0 Å². The number of halogens is 2. The first-order valence-electron chi connectivity index (χ1n) is 8.13. The average Bonchev–Trinajstić information content (AvgIpc) is 3.31. The minimum atomic E-state index is -0.373. The third kappa shape index (κ3) is 3.64. The molecule has 4 rings (SSSR count). The molecule has 1 amide bonds. The normalized spacial score (nSPS) is 10.8. The molecule has 3 heterocycles. The van der Waals surface area contributed by atoms with Gasteiger partial charge in [0.2, 0.25) is 0 Å². The molecule has 0 fully saturated rings. The monoisotopic (exact) mass is 430 g/mol. The molecule has 3 aromatic heterocycles. The number of thiazole rings is 1. The van der Waals surface area contributed by atoms with Crippen LogP contribution in [-0.2, 0) is 0 Å². The molecule has 0 aliphatic carbocycles. The zero-order chi connectivity index (χ0) is 19.7. The Labute approximate surface area is 174 Å². The second-order valence-electron chi connectivity index (χ2n) is 5.80. The maximum absolute atomic E-state index is 12.9. The lowest BCUT2D eigenvalue weighted by atomic mass is 10.1. The Morgan fingerprint density at radius 2 is 2.00 bits per heavy atom. The van der Waals surface area contributed by atoms with Crippen molar-refractivity contribution in [1.29, 1.82) is 0 Å². The highest BCUT2D eigenvalue weighted by Gasteiger charge is 2.23. The fourth-order valence-corrected chi connectivity index (χ4v) is 3.60. The number of aryl methyl sites for hydroxylation is 1. The summed E-state index contributed by atoms with van der Waals surface area (Å²) < 4.78 is 5.24. The molecule has 0 aliphatic rings. The van der Waals surface area contributed by atoms with E-state index in [2.05, 4.69) is 20.4 Å². The van der Waals surface area contributed by atoms with Gasteiger partial charge in [-0.2, -0.15) is 0 Å². The second-order valence-corrected chi connectivity index (χ2v) is 7.47. The van der Waals surface area contributed by atoms with Crippen LogP contribution in [0.15, 0.2) is 52.5 Å². The first kappa shape index (κ1) is 18.6. The van der Waals surface area contributed by atoms with Gasteiger partial charge in [0.15, 0.2) is 5.13 Å². The van der Waals surface area contributed by atoms with Gasteiger partial charge in [0.1, 0.15) is 22.7 Å². The highest BCUT2D eigenvalue weighted by Crippen LogP contribution is 2.32. The number of nitrogens with one attached hydrogen (secondary N) is 1. The van der Waals surface area contributed by atoms with Crippen LogP contribution in [0.2, 0.25) is 10.0 Å². The lowest BCUT2D eigenvalue weighted by Crippen LogP contribution is -2.13. The van der Waals surface area contributed by atoms with Crippen molar-refractivity contribution in [3.63, 3.8) is 0 Å². The van der Waals surface area contributed by atoms with Gasteiger partial charge in [-0.1, -0.05) is 40.5 Å². The largest absolute Gasteiger partial charge is 0.360 e. The molecule has 28 heavy (non-hydrogen) atoms. The third-order valence-corrected chi connectivity index (χ3v) is 5.43. The summed E-state index contributed by atoms with van der Waals surface area (Å²) in [6.45, 7) is 1.67.